The summed E-state index contributed by atoms with van der Waals surface area (Å²) in [6.45, 7) is 1.88. The first-order valence-electron chi connectivity index (χ1n) is 5.60. The molecule has 0 bridgehead atoms. The Morgan fingerprint density at radius 3 is 2.61 bits per heavy atom. The van der Waals surface area contributed by atoms with E-state index in [1.54, 1.807) is 18.2 Å². The topological polar surface area (TPSA) is 17.1 Å². The molecule has 0 aromatic heterocycles. The van der Waals surface area contributed by atoms with Gasteiger partial charge in [0.25, 0.3) is 0 Å². The standard InChI is InChI=1S/C15H12BrFO/c1-10-4-2-3-5-13(10)15(18)8-11-6-7-12(16)9-14(11)17/h2-7,9H,8H2,1H3. The van der Waals surface area contributed by atoms with Gasteiger partial charge >= 0.3 is 0 Å². The van der Waals surface area contributed by atoms with Crippen LogP contribution < -0.4 is 0 Å². The van der Waals surface area contributed by atoms with E-state index in [0.717, 1.165) is 5.56 Å². The van der Waals surface area contributed by atoms with Crippen LogP contribution in [-0.4, -0.2) is 5.78 Å². The molecule has 0 aliphatic rings. The molecule has 3 heteroatoms. The van der Waals surface area contributed by atoms with Crippen molar-refractivity contribution in [1.82, 2.24) is 0 Å². The molecule has 0 fully saturated rings. The van der Waals surface area contributed by atoms with Gasteiger partial charge in [0.05, 0.1) is 0 Å². The molecule has 0 radical (unpaired) electrons. The van der Waals surface area contributed by atoms with Gasteiger partial charge in [0.2, 0.25) is 0 Å². The van der Waals surface area contributed by atoms with Crippen molar-refractivity contribution in [3.8, 4) is 0 Å². The minimum absolute atomic E-state index is 0.0608. The van der Waals surface area contributed by atoms with Crippen molar-refractivity contribution >= 4 is 21.7 Å². The van der Waals surface area contributed by atoms with E-state index in [9.17, 15) is 9.18 Å². The van der Waals surface area contributed by atoms with Crippen LogP contribution in [0.4, 0.5) is 4.39 Å². The summed E-state index contributed by atoms with van der Waals surface area (Å²) in [4.78, 5) is 12.1. The highest BCUT2D eigenvalue weighted by Crippen LogP contribution is 2.18. The first-order chi connectivity index (χ1) is 8.58. The number of rotatable bonds is 3. The first-order valence-corrected chi connectivity index (χ1v) is 6.40. The Kier molecular flexibility index (Phi) is 3.92. The quantitative estimate of drug-likeness (QED) is 0.772. The molecule has 0 N–H and O–H groups in total. The number of carbonyl (C=O) groups is 1. The lowest BCUT2D eigenvalue weighted by molar-refractivity contribution is 0.0991. The van der Waals surface area contributed by atoms with Crippen LogP contribution in [0.3, 0.4) is 0 Å². The minimum atomic E-state index is -0.355. The molecule has 0 amide bonds. The Morgan fingerprint density at radius 2 is 1.94 bits per heavy atom. The van der Waals surface area contributed by atoms with E-state index in [-0.39, 0.29) is 18.0 Å². The second-order valence-electron chi connectivity index (χ2n) is 4.15. The SMILES string of the molecule is Cc1ccccc1C(=O)Cc1ccc(Br)cc1F. The fraction of sp³-hybridized carbons (Fsp3) is 0.133. The van der Waals surface area contributed by atoms with Gasteiger partial charge in [-0.2, -0.15) is 0 Å². The first kappa shape index (κ1) is 13.0. The number of hydrogen-bond donors (Lipinski definition) is 0. The minimum Gasteiger partial charge on any atom is -0.294 e. The van der Waals surface area contributed by atoms with Crippen LogP contribution in [0, 0.1) is 12.7 Å². The van der Waals surface area contributed by atoms with Crippen LogP contribution in [0.15, 0.2) is 46.9 Å². The zero-order valence-corrected chi connectivity index (χ0v) is 11.5. The molecule has 2 aromatic rings. The van der Waals surface area contributed by atoms with Crippen molar-refractivity contribution in [2.45, 2.75) is 13.3 Å². The second kappa shape index (κ2) is 5.44. The number of halogens is 2. The van der Waals surface area contributed by atoms with Crippen molar-refractivity contribution in [3.05, 3.63) is 69.4 Å². The van der Waals surface area contributed by atoms with Crippen molar-refractivity contribution in [1.29, 1.82) is 0 Å². The highest BCUT2D eigenvalue weighted by molar-refractivity contribution is 9.10. The molecule has 0 aliphatic heterocycles. The van der Waals surface area contributed by atoms with Gasteiger partial charge in [-0.25, -0.2) is 4.39 Å². The summed E-state index contributed by atoms with van der Waals surface area (Å²) in [6, 6.07) is 12.1. The molecule has 92 valence electrons. The van der Waals surface area contributed by atoms with E-state index in [1.165, 1.54) is 6.07 Å². The molecule has 2 aromatic carbocycles. The van der Waals surface area contributed by atoms with Crippen LogP contribution in [0.25, 0.3) is 0 Å². The van der Waals surface area contributed by atoms with E-state index in [4.69, 9.17) is 0 Å². The Bertz CT molecular complexity index is 593. The number of aryl methyl sites for hydroxylation is 1. The van der Waals surface area contributed by atoms with Crippen molar-refractivity contribution in [3.63, 3.8) is 0 Å². The van der Waals surface area contributed by atoms with Gasteiger partial charge in [-0.3, -0.25) is 4.79 Å². The number of carbonyl (C=O) groups excluding carboxylic acids is 1. The van der Waals surface area contributed by atoms with E-state index in [0.29, 0.717) is 15.6 Å². The van der Waals surface area contributed by atoms with E-state index < -0.39 is 0 Å². The van der Waals surface area contributed by atoms with Crippen molar-refractivity contribution in [2.24, 2.45) is 0 Å². The van der Waals surface area contributed by atoms with Gasteiger partial charge < -0.3 is 0 Å². The van der Waals surface area contributed by atoms with E-state index in [1.807, 2.05) is 25.1 Å². The van der Waals surface area contributed by atoms with Crippen LogP contribution >= 0.6 is 15.9 Å². The van der Waals surface area contributed by atoms with Gasteiger partial charge in [-0.1, -0.05) is 46.3 Å². The van der Waals surface area contributed by atoms with E-state index >= 15 is 0 Å². The monoisotopic (exact) mass is 306 g/mol. The fourth-order valence-electron chi connectivity index (χ4n) is 1.82. The van der Waals surface area contributed by atoms with Gasteiger partial charge in [0.15, 0.2) is 5.78 Å². The van der Waals surface area contributed by atoms with Gasteiger partial charge in [-0.15, -0.1) is 0 Å². The summed E-state index contributed by atoms with van der Waals surface area (Å²) in [5, 5.41) is 0. The van der Waals surface area contributed by atoms with Crippen LogP contribution in [0.2, 0.25) is 0 Å². The molecule has 0 unspecified atom stereocenters. The third-order valence-electron chi connectivity index (χ3n) is 2.81. The molecule has 0 saturated carbocycles. The summed E-state index contributed by atoms with van der Waals surface area (Å²) < 4.78 is 14.3. The average molecular weight is 307 g/mol. The molecular formula is C15H12BrFO. The second-order valence-corrected chi connectivity index (χ2v) is 5.07. The molecule has 0 aliphatic carbocycles. The van der Waals surface area contributed by atoms with Gasteiger partial charge in [-0.05, 0) is 30.2 Å². The van der Waals surface area contributed by atoms with Crippen molar-refractivity contribution in [2.75, 3.05) is 0 Å². The Hall–Kier alpha value is -1.48. The summed E-state index contributed by atoms with van der Waals surface area (Å²) in [6.07, 6.45) is 0.0873. The molecule has 1 nitrogen and oxygen atoms in total. The molecular weight excluding hydrogens is 295 g/mol. The number of Topliss-reactive ketones (excluding diaryl/α,β-unsaturated/α-hetero) is 1. The molecule has 0 saturated heterocycles. The number of hydrogen-bond acceptors (Lipinski definition) is 1. The summed E-state index contributed by atoms with van der Waals surface area (Å²) in [5.74, 6) is -0.416. The molecule has 18 heavy (non-hydrogen) atoms. The maximum atomic E-state index is 13.6. The van der Waals surface area contributed by atoms with Crippen LogP contribution in [-0.2, 0) is 6.42 Å². The predicted molar refractivity (Wildman–Crippen MR) is 73.3 cm³/mol. The lowest BCUT2D eigenvalue weighted by Gasteiger charge is -2.06. The largest absolute Gasteiger partial charge is 0.294 e. The number of benzene rings is 2. The van der Waals surface area contributed by atoms with E-state index in [2.05, 4.69) is 15.9 Å². The predicted octanol–water partition coefficient (Wildman–Crippen LogP) is 4.32. The molecule has 0 heterocycles. The average Bonchev–Trinajstić information content (AvgIpc) is 2.33. The Balaban J connectivity index is 2.24. The number of ketones is 1. The van der Waals surface area contributed by atoms with Crippen LogP contribution in [0.1, 0.15) is 21.5 Å². The zero-order valence-electron chi connectivity index (χ0n) is 9.91. The maximum absolute atomic E-state index is 13.6. The van der Waals surface area contributed by atoms with Gasteiger partial charge in [0, 0.05) is 16.5 Å². The third kappa shape index (κ3) is 2.85. The van der Waals surface area contributed by atoms with Gasteiger partial charge in [0.1, 0.15) is 5.82 Å². The molecule has 0 atom stereocenters. The lowest BCUT2D eigenvalue weighted by Crippen LogP contribution is -2.06. The smallest absolute Gasteiger partial charge is 0.167 e. The highest BCUT2D eigenvalue weighted by Gasteiger charge is 2.12. The fourth-order valence-corrected chi connectivity index (χ4v) is 2.15. The summed E-state index contributed by atoms with van der Waals surface area (Å²) in [5.41, 5.74) is 1.99. The third-order valence-corrected chi connectivity index (χ3v) is 3.30. The normalized spacial score (nSPS) is 10.4. The maximum Gasteiger partial charge on any atom is 0.167 e. The molecule has 2 rings (SSSR count). The van der Waals surface area contributed by atoms with Crippen molar-refractivity contribution < 1.29 is 9.18 Å². The van der Waals surface area contributed by atoms with Crippen LogP contribution in [0.5, 0.6) is 0 Å². The Labute approximate surface area is 114 Å². The highest BCUT2D eigenvalue weighted by atomic mass is 79.9. The summed E-state index contributed by atoms with van der Waals surface area (Å²) >= 11 is 3.19. The summed E-state index contributed by atoms with van der Waals surface area (Å²) in [7, 11) is 0. The lowest BCUT2D eigenvalue weighted by atomic mass is 9.99. The molecule has 0 spiro atoms. The Morgan fingerprint density at radius 1 is 1.22 bits per heavy atom. The zero-order chi connectivity index (χ0) is 13.1.